The normalized spacial score (nSPS) is 21.1. The van der Waals surface area contributed by atoms with Crippen LogP contribution in [0, 0.1) is 0 Å². The molecule has 1 atom stereocenters. The Hall–Kier alpha value is -3.95. The van der Waals surface area contributed by atoms with Gasteiger partial charge in [0.05, 0.1) is 18.0 Å². The average molecular weight is 437 g/mol. The molecule has 2 aromatic carbocycles. The molecule has 0 radical (unpaired) electrons. The highest BCUT2D eigenvalue weighted by Crippen LogP contribution is 2.38. The van der Waals surface area contributed by atoms with Crippen molar-refractivity contribution in [3.63, 3.8) is 0 Å². The first kappa shape index (κ1) is 20.0. The Balaban J connectivity index is 1.42. The molecule has 2 aromatic rings. The number of quaternary nitrogens is 1. The monoisotopic (exact) mass is 437 g/mol. The van der Waals surface area contributed by atoms with Gasteiger partial charge >= 0.3 is 6.36 Å². The molecule has 0 aromatic heterocycles. The zero-order chi connectivity index (χ0) is 22.3. The van der Waals surface area contributed by atoms with E-state index >= 15 is 0 Å². The van der Waals surface area contributed by atoms with Gasteiger partial charge in [-0.15, -0.1) is 17.8 Å². The second-order valence-electron chi connectivity index (χ2n) is 7.12. The van der Waals surface area contributed by atoms with Crippen molar-refractivity contribution < 1.29 is 27.2 Å². The number of nitrogens with two attached hydrogens (primary N) is 1. The third-order valence-corrected chi connectivity index (χ3v) is 5.03. The van der Waals surface area contributed by atoms with Gasteiger partial charge in [-0.2, -0.15) is 10.8 Å². The fraction of sp³-hybridized carbons (Fsp3) is 0.0435. The summed E-state index contributed by atoms with van der Waals surface area (Å²) in [7, 11) is 0. The lowest BCUT2D eigenvalue weighted by atomic mass is 10.0. The van der Waals surface area contributed by atoms with Gasteiger partial charge in [-0.3, -0.25) is 4.99 Å². The van der Waals surface area contributed by atoms with Crippen molar-refractivity contribution in [2.45, 2.75) is 6.36 Å². The van der Waals surface area contributed by atoms with Crippen LogP contribution < -0.4 is 15.3 Å². The van der Waals surface area contributed by atoms with E-state index in [1.807, 2.05) is 18.2 Å². The number of amidine groups is 1. The number of rotatable bonds is 5. The summed E-state index contributed by atoms with van der Waals surface area (Å²) in [6.45, 7) is 0. The van der Waals surface area contributed by atoms with Crippen molar-refractivity contribution in [2.24, 2.45) is 15.8 Å². The van der Waals surface area contributed by atoms with Crippen molar-refractivity contribution in [3.8, 4) is 17.2 Å². The minimum absolute atomic E-state index is 0.0526. The second kappa shape index (κ2) is 7.33. The topological polar surface area (TPSA) is 69.2 Å². The summed E-state index contributed by atoms with van der Waals surface area (Å²) < 4.78 is 47.5. The molecule has 0 bridgehead atoms. The van der Waals surface area contributed by atoms with Crippen LogP contribution in [0.1, 0.15) is 5.56 Å². The maximum absolute atomic E-state index is 12.6. The van der Waals surface area contributed by atoms with Crippen LogP contribution in [0.3, 0.4) is 0 Å². The molecule has 9 heteroatoms. The predicted molar refractivity (Wildman–Crippen MR) is 113 cm³/mol. The Morgan fingerprint density at radius 3 is 2.34 bits per heavy atom. The molecule has 0 fully saturated rings. The van der Waals surface area contributed by atoms with E-state index in [4.69, 9.17) is 15.6 Å². The molecule has 2 N–H and O–H groups in total. The van der Waals surface area contributed by atoms with E-state index in [0.29, 0.717) is 11.6 Å². The highest BCUT2D eigenvalue weighted by atomic mass is 19.4. The number of para-hydroxylation sites is 2. The van der Waals surface area contributed by atoms with E-state index in [9.17, 15) is 13.2 Å². The first-order chi connectivity index (χ1) is 15.3. The average Bonchev–Trinajstić information content (AvgIpc) is 3.01. The minimum Gasteiger partial charge on any atom is -0.453 e. The Morgan fingerprint density at radius 1 is 0.969 bits per heavy atom. The summed E-state index contributed by atoms with van der Waals surface area (Å²) in [5.74, 6) is 7.10. The van der Waals surface area contributed by atoms with Crippen molar-refractivity contribution in [1.82, 2.24) is 0 Å². The Morgan fingerprint density at radius 2 is 1.69 bits per heavy atom. The summed E-state index contributed by atoms with van der Waals surface area (Å²) in [5, 5.41) is 0. The van der Waals surface area contributed by atoms with Gasteiger partial charge in [0.1, 0.15) is 17.6 Å². The summed E-state index contributed by atoms with van der Waals surface area (Å²) in [4.78, 5) is 8.94. The molecule has 0 spiro atoms. The summed E-state index contributed by atoms with van der Waals surface area (Å²) in [5.41, 5.74) is 3.19. The number of nitrogens with zero attached hydrogens (tertiary/aromatic N) is 3. The standard InChI is InChI=1S/C23H16F3N4O2/c24-23(25,26)32-20-7-2-1-6-19(20)31-17-10-8-16(9-11-17)22-29-21(15-4-3-5-15)18-14-28-12-13-30(18,22)27/h1-14H,27H2/q+1. The van der Waals surface area contributed by atoms with E-state index in [0.717, 1.165) is 22.5 Å². The van der Waals surface area contributed by atoms with Crippen LogP contribution in [-0.4, -0.2) is 23.0 Å². The molecule has 6 nitrogen and oxygen atoms in total. The number of benzene rings is 2. The highest BCUT2D eigenvalue weighted by Gasteiger charge is 2.44. The van der Waals surface area contributed by atoms with Crippen LogP contribution in [0.15, 0.2) is 106 Å². The number of hydrogen-bond acceptors (Lipinski definition) is 5. The van der Waals surface area contributed by atoms with Crippen molar-refractivity contribution in [1.29, 1.82) is 0 Å². The summed E-state index contributed by atoms with van der Waals surface area (Å²) >= 11 is 0. The molecule has 160 valence electrons. The van der Waals surface area contributed by atoms with Crippen LogP contribution in [0.4, 0.5) is 13.2 Å². The largest absolute Gasteiger partial charge is 0.573 e. The number of halogens is 3. The van der Waals surface area contributed by atoms with E-state index < -0.39 is 12.1 Å². The Labute approximate surface area is 181 Å². The van der Waals surface area contributed by atoms with Gasteiger partial charge in [-0.05, 0) is 36.4 Å². The third kappa shape index (κ3) is 3.53. The van der Waals surface area contributed by atoms with Gasteiger partial charge < -0.3 is 9.47 Å². The lowest BCUT2D eigenvalue weighted by Gasteiger charge is -2.26. The molecule has 0 saturated heterocycles. The van der Waals surface area contributed by atoms with Gasteiger partial charge in [-0.25, -0.2) is 0 Å². The van der Waals surface area contributed by atoms with Crippen molar-refractivity contribution >= 4 is 12.1 Å². The van der Waals surface area contributed by atoms with Crippen LogP contribution in [0.2, 0.25) is 0 Å². The molecule has 32 heavy (non-hydrogen) atoms. The lowest BCUT2D eigenvalue weighted by molar-refractivity contribution is -0.750. The first-order valence-corrected chi connectivity index (χ1v) is 9.58. The highest BCUT2D eigenvalue weighted by molar-refractivity contribution is 6.01. The zero-order valence-corrected chi connectivity index (χ0v) is 16.5. The van der Waals surface area contributed by atoms with E-state index in [1.54, 1.807) is 48.9 Å². The lowest BCUT2D eigenvalue weighted by Crippen LogP contribution is -2.53. The molecule has 2 aliphatic heterocycles. The number of hydrogen-bond donors (Lipinski definition) is 1. The smallest absolute Gasteiger partial charge is 0.453 e. The fourth-order valence-electron chi connectivity index (χ4n) is 3.48. The maximum Gasteiger partial charge on any atom is 0.573 e. The molecule has 0 amide bonds. The summed E-state index contributed by atoms with van der Waals surface area (Å²) in [6.07, 6.45) is 6.03. The molecule has 5 rings (SSSR count). The van der Waals surface area contributed by atoms with Crippen LogP contribution in [-0.2, 0) is 0 Å². The number of ether oxygens (including phenoxy) is 2. The van der Waals surface area contributed by atoms with E-state index in [-0.39, 0.29) is 10.3 Å². The predicted octanol–water partition coefficient (Wildman–Crippen LogP) is 5.09. The Bertz CT molecular complexity index is 1270. The van der Waals surface area contributed by atoms with Crippen LogP contribution in [0.5, 0.6) is 17.2 Å². The molecule has 3 aliphatic rings. The quantitative estimate of drug-likeness (QED) is 0.523. The van der Waals surface area contributed by atoms with Crippen LogP contribution in [0.25, 0.3) is 0 Å². The minimum atomic E-state index is -4.82. The molecule has 1 unspecified atom stereocenters. The number of aliphatic imine (C=N–C) groups is 2. The van der Waals surface area contributed by atoms with Gasteiger partial charge in [0.2, 0.25) is 5.70 Å². The molecular formula is C23H16F3N4O2+. The first-order valence-electron chi connectivity index (χ1n) is 9.58. The SMILES string of the molecule is N[N+]12C=CN=CC1=C(C1=CC=C1)N=C2c1ccc(Oc2ccccc2OC(F)(F)F)cc1. The fourth-order valence-corrected chi connectivity index (χ4v) is 3.48. The molecule has 0 saturated carbocycles. The summed E-state index contributed by atoms with van der Waals surface area (Å²) in [6, 6.07) is 12.4. The maximum atomic E-state index is 12.6. The van der Waals surface area contributed by atoms with Crippen molar-refractivity contribution in [2.75, 3.05) is 0 Å². The van der Waals surface area contributed by atoms with E-state index in [1.165, 1.54) is 18.2 Å². The molecule has 1 aliphatic carbocycles. The van der Waals surface area contributed by atoms with Gasteiger partial charge in [0.25, 0.3) is 5.84 Å². The van der Waals surface area contributed by atoms with Crippen molar-refractivity contribution in [3.05, 3.63) is 102 Å². The second-order valence-corrected chi connectivity index (χ2v) is 7.12. The molecular weight excluding hydrogens is 421 g/mol. The number of fused-ring (bicyclic) bond motifs is 1. The van der Waals surface area contributed by atoms with Gasteiger partial charge in [0, 0.05) is 5.57 Å². The van der Waals surface area contributed by atoms with Crippen LogP contribution >= 0.6 is 0 Å². The zero-order valence-electron chi connectivity index (χ0n) is 16.5. The Kier molecular flexibility index (Phi) is 4.58. The van der Waals surface area contributed by atoms with E-state index in [2.05, 4.69) is 9.73 Å². The number of allylic oxidation sites excluding steroid dienone is 4. The number of alkyl halides is 3. The third-order valence-electron chi connectivity index (χ3n) is 5.03. The van der Waals surface area contributed by atoms with Gasteiger partial charge in [-0.1, -0.05) is 30.4 Å². The van der Waals surface area contributed by atoms with Gasteiger partial charge in [0.15, 0.2) is 11.5 Å². The molecule has 2 heterocycles.